The minimum atomic E-state index is 0.854. The minimum Gasteiger partial charge on any atom is -0.306 e. The van der Waals surface area contributed by atoms with E-state index in [4.69, 9.17) is 0 Å². The molecule has 90 valence electrons. The Morgan fingerprint density at radius 1 is 1.33 bits per heavy atom. The summed E-state index contributed by atoms with van der Waals surface area (Å²) in [6.07, 6.45) is 2.64. The second kappa shape index (κ2) is 6.49. The summed E-state index contributed by atoms with van der Waals surface area (Å²) in [4.78, 5) is 5.08. The topological polar surface area (TPSA) is 6.48 Å². The van der Waals surface area contributed by atoms with Crippen LogP contribution in [0.1, 0.15) is 33.6 Å². The van der Waals surface area contributed by atoms with Crippen LogP contribution in [0.25, 0.3) is 0 Å². The van der Waals surface area contributed by atoms with E-state index in [9.17, 15) is 0 Å². The van der Waals surface area contributed by atoms with Crippen molar-refractivity contribution in [1.29, 1.82) is 0 Å². The SMILES string of the molecule is CCCN(C)CC1CN(CCC(C)C)C1. The third-order valence-electron chi connectivity index (χ3n) is 3.23. The van der Waals surface area contributed by atoms with Gasteiger partial charge in [0.05, 0.1) is 0 Å². The van der Waals surface area contributed by atoms with Gasteiger partial charge in [-0.3, -0.25) is 0 Å². The van der Waals surface area contributed by atoms with Crippen LogP contribution in [0.3, 0.4) is 0 Å². The van der Waals surface area contributed by atoms with Crippen molar-refractivity contribution in [2.75, 3.05) is 39.8 Å². The fourth-order valence-electron chi connectivity index (χ4n) is 2.33. The van der Waals surface area contributed by atoms with Crippen molar-refractivity contribution in [3.8, 4) is 0 Å². The Labute approximate surface area is 95.6 Å². The monoisotopic (exact) mass is 212 g/mol. The zero-order chi connectivity index (χ0) is 11.3. The maximum Gasteiger partial charge on any atom is 0.00343 e. The summed E-state index contributed by atoms with van der Waals surface area (Å²) in [6, 6.07) is 0. The first-order chi connectivity index (χ1) is 7.11. The van der Waals surface area contributed by atoms with Gasteiger partial charge in [0.25, 0.3) is 0 Å². The van der Waals surface area contributed by atoms with Crippen molar-refractivity contribution in [2.45, 2.75) is 33.6 Å². The van der Waals surface area contributed by atoms with Gasteiger partial charge in [-0.15, -0.1) is 0 Å². The summed E-state index contributed by atoms with van der Waals surface area (Å²) in [5.74, 6) is 1.79. The molecule has 0 atom stereocenters. The summed E-state index contributed by atoms with van der Waals surface area (Å²) >= 11 is 0. The molecule has 0 aliphatic carbocycles. The Morgan fingerprint density at radius 3 is 2.53 bits per heavy atom. The molecule has 1 aliphatic rings. The Balaban J connectivity index is 2.00. The Hall–Kier alpha value is -0.0800. The first kappa shape index (κ1) is 13.0. The number of nitrogens with zero attached hydrogens (tertiary/aromatic N) is 2. The molecule has 1 heterocycles. The lowest BCUT2D eigenvalue weighted by atomic mass is 9.98. The van der Waals surface area contributed by atoms with Crippen molar-refractivity contribution in [1.82, 2.24) is 9.80 Å². The van der Waals surface area contributed by atoms with Crippen LogP contribution in [0.15, 0.2) is 0 Å². The van der Waals surface area contributed by atoms with E-state index in [1.807, 2.05) is 0 Å². The molecule has 0 aromatic carbocycles. The number of rotatable bonds is 7. The molecular weight excluding hydrogens is 184 g/mol. The van der Waals surface area contributed by atoms with Gasteiger partial charge in [0.1, 0.15) is 0 Å². The predicted octanol–water partition coefficient (Wildman–Crippen LogP) is 2.31. The highest BCUT2D eigenvalue weighted by atomic mass is 15.2. The molecule has 2 heteroatoms. The van der Waals surface area contributed by atoms with Crippen molar-refractivity contribution in [3.63, 3.8) is 0 Å². The average Bonchev–Trinajstić information content (AvgIpc) is 2.08. The molecule has 1 aliphatic heterocycles. The average molecular weight is 212 g/mol. The van der Waals surface area contributed by atoms with E-state index in [2.05, 4.69) is 37.6 Å². The molecule has 1 rings (SSSR count). The van der Waals surface area contributed by atoms with Gasteiger partial charge in [0.2, 0.25) is 0 Å². The fraction of sp³-hybridized carbons (Fsp3) is 1.00. The molecule has 0 saturated carbocycles. The van der Waals surface area contributed by atoms with Gasteiger partial charge in [-0.05, 0) is 44.8 Å². The van der Waals surface area contributed by atoms with Crippen molar-refractivity contribution in [3.05, 3.63) is 0 Å². The molecule has 0 bridgehead atoms. The number of likely N-dealkylation sites (tertiary alicyclic amines) is 1. The maximum absolute atomic E-state index is 2.60. The summed E-state index contributed by atoms with van der Waals surface area (Å²) in [5.41, 5.74) is 0. The Bertz CT molecular complexity index is 162. The maximum atomic E-state index is 2.60. The first-order valence-electron chi connectivity index (χ1n) is 6.52. The summed E-state index contributed by atoms with van der Waals surface area (Å²) < 4.78 is 0. The standard InChI is InChI=1S/C13H28N2/c1-5-7-14(4)9-13-10-15(11-13)8-6-12(2)3/h12-13H,5-11H2,1-4H3. The summed E-state index contributed by atoms with van der Waals surface area (Å²) in [5, 5.41) is 0. The van der Waals surface area contributed by atoms with Crippen LogP contribution < -0.4 is 0 Å². The third-order valence-corrected chi connectivity index (χ3v) is 3.23. The van der Waals surface area contributed by atoms with E-state index in [1.165, 1.54) is 45.6 Å². The van der Waals surface area contributed by atoms with Gasteiger partial charge in [-0.2, -0.15) is 0 Å². The van der Waals surface area contributed by atoms with E-state index >= 15 is 0 Å². The Kier molecular flexibility index (Phi) is 5.62. The molecule has 0 amide bonds. The zero-order valence-electron chi connectivity index (χ0n) is 11.0. The van der Waals surface area contributed by atoms with E-state index in [-0.39, 0.29) is 0 Å². The van der Waals surface area contributed by atoms with Crippen LogP contribution in [0.4, 0.5) is 0 Å². The molecular formula is C13H28N2. The van der Waals surface area contributed by atoms with Gasteiger partial charge in [-0.1, -0.05) is 20.8 Å². The van der Waals surface area contributed by atoms with Gasteiger partial charge in [-0.25, -0.2) is 0 Å². The van der Waals surface area contributed by atoms with Crippen molar-refractivity contribution in [2.24, 2.45) is 11.8 Å². The van der Waals surface area contributed by atoms with Crippen LogP contribution in [0.2, 0.25) is 0 Å². The van der Waals surface area contributed by atoms with Gasteiger partial charge < -0.3 is 9.80 Å². The minimum absolute atomic E-state index is 0.854. The Morgan fingerprint density at radius 2 is 2.00 bits per heavy atom. The molecule has 1 fully saturated rings. The first-order valence-corrected chi connectivity index (χ1v) is 6.52. The molecule has 0 N–H and O–H groups in total. The van der Waals surface area contributed by atoms with Crippen LogP contribution >= 0.6 is 0 Å². The van der Waals surface area contributed by atoms with E-state index in [0.29, 0.717) is 0 Å². The second-order valence-corrected chi connectivity index (χ2v) is 5.57. The molecule has 0 unspecified atom stereocenters. The fourth-order valence-corrected chi connectivity index (χ4v) is 2.33. The summed E-state index contributed by atoms with van der Waals surface area (Å²) in [6.45, 7) is 13.4. The van der Waals surface area contributed by atoms with E-state index < -0.39 is 0 Å². The molecule has 0 aromatic rings. The van der Waals surface area contributed by atoms with Crippen LogP contribution in [-0.2, 0) is 0 Å². The highest BCUT2D eigenvalue weighted by Gasteiger charge is 2.26. The van der Waals surface area contributed by atoms with Crippen LogP contribution in [0, 0.1) is 11.8 Å². The van der Waals surface area contributed by atoms with Crippen molar-refractivity contribution < 1.29 is 0 Å². The third kappa shape index (κ3) is 4.98. The largest absolute Gasteiger partial charge is 0.306 e. The van der Waals surface area contributed by atoms with Gasteiger partial charge in [0, 0.05) is 19.6 Å². The lowest BCUT2D eigenvalue weighted by Gasteiger charge is -2.41. The van der Waals surface area contributed by atoms with E-state index in [1.54, 1.807) is 0 Å². The second-order valence-electron chi connectivity index (χ2n) is 5.57. The zero-order valence-corrected chi connectivity index (χ0v) is 11.0. The molecule has 0 spiro atoms. The van der Waals surface area contributed by atoms with Gasteiger partial charge in [0.15, 0.2) is 0 Å². The molecule has 2 nitrogen and oxygen atoms in total. The molecule has 15 heavy (non-hydrogen) atoms. The van der Waals surface area contributed by atoms with Crippen molar-refractivity contribution >= 4 is 0 Å². The van der Waals surface area contributed by atoms with Crippen LogP contribution in [-0.4, -0.2) is 49.6 Å². The summed E-state index contributed by atoms with van der Waals surface area (Å²) in [7, 11) is 2.25. The van der Waals surface area contributed by atoms with Crippen LogP contribution in [0.5, 0.6) is 0 Å². The lowest BCUT2D eigenvalue weighted by Crippen LogP contribution is -2.51. The van der Waals surface area contributed by atoms with E-state index in [0.717, 1.165) is 11.8 Å². The number of hydrogen-bond donors (Lipinski definition) is 0. The molecule has 0 aromatic heterocycles. The predicted molar refractivity (Wildman–Crippen MR) is 67.2 cm³/mol. The highest BCUT2D eigenvalue weighted by Crippen LogP contribution is 2.17. The lowest BCUT2D eigenvalue weighted by molar-refractivity contribution is 0.0702. The molecule has 0 radical (unpaired) electrons. The highest BCUT2D eigenvalue weighted by molar-refractivity contribution is 4.81. The molecule has 1 saturated heterocycles. The quantitative estimate of drug-likeness (QED) is 0.639. The number of hydrogen-bond acceptors (Lipinski definition) is 2. The van der Waals surface area contributed by atoms with Gasteiger partial charge >= 0.3 is 0 Å². The smallest absolute Gasteiger partial charge is 0.00343 e. The normalized spacial score (nSPS) is 18.8.